The molecule has 1 N–H and O–H groups in total. The van der Waals surface area contributed by atoms with Crippen LogP contribution in [0.4, 0.5) is 0 Å². The summed E-state index contributed by atoms with van der Waals surface area (Å²) < 4.78 is 0. The molecule has 0 saturated heterocycles. The lowest BCUT2D eigenvalue weighted by Crippen LogP contribution is -2.10. The van der Waals surface area contributed by atoms with E-state index in [9.17, 15) is 4.79 Å². The largest absolute Gasteiger partial charge is 0.313 e. The van der Waals surface area contributed by atoms with Crippen molar-refractivity contribution >= 4 is 10.9 Å². The summed E-state index contributed by atoms with van der Waals surface area (Å²) in [5.74, 6) is 0. The molecule has 3 heteroatoms. The Balaban J connectivity index is 2.42. The van der Waals surface area contributed by atoms with Crippen LogP contribution in [0.25, 0.3) is 10.9 Å². The van der Waals surface area contributed by atoms with Gasteiger partial charge in [0.1, 0.15) is 0 Å². The maximum absolute atomic E-state index is 11.6. The van der Waals surface area contributed by atoms with Crippen LogP contribution < -0.4 is 5.56 Å². The van der Waals surface area contributed by atoms with E-state index >= 15 is 0 Å². The number of rotatable bonds is 0. The molecule has 0 spiro atoms. The average Bonchev–Trinajstić information content (AvgIpc) is 2.29. The molecule has 2 aromatic rings. The van der Waals surface area contributed by atoms with Gasteiger partial charge in [-0.1, -0.05) is 6.07 Å². The highest BCUT2D eigenvalue weighted by Crippen LogP contribution is 2.25. The highest BCUT2D eigenvalue weighted by molar-refractivity contribution is 5.82. The smallest absolute Gasteiger partial charge is 0.258 e. The Morgan fingerprint density at radius 1 is 1.20 bits per heavy atom. The molecule has 0 fully saturated rings. The van der Waals surface area contributed by atoms with Gasteiger partial charge in [-0.05, 0) is 42.9 Å². The van der Waals surface area contributed by atoms with E-state index in [0.29, 0.717) is 0 Å². The normalized spacial score (nSPS) is 15.2. The van der Waals surface area contributed by atoms with Crippen molar-refractivity contribution in [2.75, 3.05) is 0 Å². The minimum Gasteiger partial charge on any atom is -0.313 e. The van der Waals surface area contributed by atoms with Crippen LogP contribution in [0.2, 0.25) is 0 Å². The lowest BCUT2D eigenvalue weighted by atomic mass is 9.90. The number of nitrogens with zero attached hydrogens (tertiary/aromatic N) is 1. The molecule has 76 valence electrons. The zero-order valence-corrected chi connectivity index (χ0v) is 8.42. The van der Waals surface area contributed by atoms with Crippen molar-refractivity contribution in [3.05, 3.63) is 39.9 Å². The summed E-state index contributed by atoms with van der Waals surface area (Å²) in [6, 6.07) is 3.97. The predicted molar refractivity (Wildman–Crippen MR) is 59.0 cm³/mol. The number of hydrogen-bond acceptors (Lipinski definition) is 2. The Morgan fingerprint density at radius 3 is 3.00 bits per heavy atom. The number of hydrogen-bond donors (Lipinski definition) is 1. The topological polar surface area (TPSA) is 45.8 Å². The van der Waals surface area contributed by atoms with Crippen molar-refractivity contribution in [1.82, 2.24) is 9.97 Å². The molecule has 3 rings (SSSR count). The molecule has 0 amide bonds. The highest BCUT2D eigenvalue weighted by Gasteiger charge is 2.13. The summed E-state index contributed by atoms with van der Waals surface area (Å²) in [5, 5.41) is 0.721. The zero-order valence-electron chi connectivity index (χ0n) is 8.42. The van der Waals surface area contributed by atoms with Crippen molar-refractivity contribution in [3.63, 3.8) is 0 Å². The number of nitrogens with one attached hydrogen (secondary N) is 1. The molecular weight excluding hydrogens is 188 g/mol. The van der Waals surface area contributed by atoms with E-state index in [4.69, 9.17) is 0 Å². The van der Waals surface area contributed by atoms with Gasteiger partial charge >= 0.3 is 0 Å². The summed E-state index contributed by atoms with van der Waals surface area (Å²) in [6.45, 7) is 0. The van der Waals surface area contributed by atoms with Gasteiger partial charge in [-0.15, -0.1) is 0 Å². The first-order chi connectivity index (χ1) is 7.36. The monoisotopic (exact) mass is 200 g/mol. The fourth-order valence-electron chi connectivity index (χ4n) is 2.37. The Morgan fingerprint density at radius 2 is 2.07 bits per heavy atom. The number of benzene rings is 1. The first-order valence-electron chi connectivity index (χ1n) is 5.34. The van der Waals surface area contributed by atoms with E-state index < -0.39 is 0 Å². The van der Waals surface area contributed by atoms with Crippen LogP contribution >= 0.6 is 0 Å². The molecule has 0 unspecified atom stereocenters. The fourth-order valence-corrected chi connectivity index (χ4v) is 2.37. The van der Waals surface area contributed by atoms with Gasteiger partial charge in [-0.25, -0.2) is 4.98 Å². The number of fused-ring (bicyclic) bond motifs is 3. The molecule has 15 heavy (non-hydrogen) atoms. The minimum atomic E-state index is -0.0339. The van der Waals surface area contributed by atoms with E-state index in [1.165, 1.54) is 30.3 Å². The molecule has 1 aliphatic carbocycles. The number of aromatic amines is 1. The average molecular weight is 200 g/mol. The molecule has 1 aliphatic rings. The molecule has 1 aromatic heterocycles. The molecule has 0 saturated carbocycles. The Kier molecular flexibility index (Phi) is 1.84. The number of aromatic nitrogens is 2. The molecular formula is C12H12N2O. The first kappa shape index (κ1) is 8.65. The van der Waals surface area contributed by atoms with Crippen molar-refractivity contribution in [1.29, 1.82) is 0 Å². The maximum atomic E-state index is 11.6. The number of H-pyrrole nitrogens is 1. The summed E-state index contributed by atoms with van der Waals surface area (Å²) in [6.07, 6.45) is 6.14. The second kappa shape index (κ2) is 3.19. The van der Waals surface area contributed by atoms with Gasteiger partial charge in [0, 0.05) is 0 Å². The number of aryl methyl sites for hydroxylation is 2. The molecule has 0 atom stereocenters. The molecule has 0 aliphatic heterocycles. The van der Waals surface area contributed by atoms with Crippen LogP contribution in [0.15, 0.2) is 23.3 Å². The fraction of sp³-hybridized carbons (Fsp3) is 0.333. The van der Waals surface area contributed by atoms with Crippen molar-refractivity contribution in [3.8, 4) is 0 Å². The van der Waals surface area contributed by atoms with Gasteiger partial charge in [-0.2, -0.15) is 0 Å². The van der Waals surface area contributed by atoms with Gasteiger partial charge in [0.25, 0.3) is 5.56 Å². The molecule has 0 radical (unpaired) electrons. The van der Waals surface area contributed by atoms with Crippen LogP contribution in [-0.2, 0) is 12.8 Å². The third-order valence-corrected chi connectivity index (χ3v) is 3.14. The molecule has 0 bridgehead atoms. The highest BCUT2D eigenvalue weighted by atomic mass is 16.1. The summed E-state index contributed by atoms with van der Waals surface area (Å²) in [4.78, 5) is 18.5. The van der Waals surface area contributed by atoms with Gasteiger partial charge in [0.15, 0.2) is 0 Å². The van der Waals surface area contributed by atoms with Gasteiger partial charge in [0.2, 0.25) is 0 Å². The molecule has 1 heterocycles. The Bertz CT molecular complexity index is 571. The summed E-state index contributed by atoms with van der Waals surface area (Å²) >= 11 is 0. The minimum absolute atomic E-state index is 0.0339. The molecule has 1 aromatic carbocycles. The zero-order chi connectivity index (χ0) is 10.3. The third kappa shape index (κ3) is 1.27. The van der Waals surface area contributed by atoms with E-state index in [1.54, 1.807) is 0 Å². The van der Waals surface area contributed by atoms with E-state index in [0.717, 1.165) is 23.7 Å². The molecule has 3 nitrogen and oxygen atoms in total. The predicted octanol–water partition coefficient (Wildman–Crippen LogP) is 1.80. The standard InChI is InChI=1S/C12H12N2O/c15-12-10-6-5-8-3-1-2-4-9(8)11(10)13-7-14-12/h5-7H,1-4H2,(H,13,14,15). The first-order valence-corrected chi connectivity index (χ1v) is 5.34. The summed E-state index contributed by atoms with van der Waals surface area (Å²) in [7, 11) is 0. The SMILES string of the molecule is O=c1[nH]cnc2c3c(ccc12)CCCC3. The van der Waals surface area contributed by atoms with Crippen LogP contribution in [0, 0.1) is 0 Å². The van der Waals surface area contributed by atoms with Crippen LogP contribution in [-0.4, -0.2) is 9.97 Å². The Hall–Kier alpha value is -1.64. The van der Waals surface area contributed by atoms with E-state index in [-0.39, 0.29) is 5.56 Å². The quantitative estimate of drug-likeness (QED) is 0.704. The van der Waals surface area contributed by atoms with Crippen LogP contribution in [0.1, 0.15) is 24.0 Å². The summed E-state index contributed by atoms with van der Waals surface area (Å²) in [5.41, 5.74) is 3.51. The van der Waals surface area contributed by atoms with Gasteiger partial charge in [0.05, 0.1) is 17.2 Å². The Labute approximate surface area is 87.2 Å². The van der Waals surface area contributed by atoms with E-state index in [2.05, 4.69) is 16.0 Å². The van der Waals surface area contributed by atoms with Gasteiger partial charge < -0.3 is 4.98 Å². The van der Waals surface area contributed by atoms with Crippen molar-refractivity contribution < 1.29 is 0 Å². The second-order valence-corrected chi connectivity index (χ2v) is 4.04. The van der Waals surface area contributed by atoms with Crippen molar-refractivity contribution in [2.24, 2.45) is 0 Å². The van der Waals surface area contributed by atoms with E-state index in [1.807, 2.05) is 6.07 Å². The van der Waals surface area contributed by atoms with Crippen LogP contribution in [0.5, 0.6) is 0 Å². The van der Waals surface area contributed by atoms with Gasteiger partial charge in [-0.3, -0.25) is 4.79 Å². The lowest BCUT2D eigenvalue weighted by molar-refractivity contribution is 0.688. The van der Waals surface area contributed by atoms with Crippen molar-refractivity contribution in [2.45, 2.75) is 25.7 Å². The van der Waals surface area contributed by atoms with Crippen LogP contribution in [0.3, 0.4) is 0 Å². The maximum Gasteiger partial charge on any atom is 0.258 e. The third-order valence-electron chi connectivity index (χ3n) is 3.14. The second-order valence-electron chi connectivity index (χ2n) is 4.04. The lowest BCUT2D eigenvalue weighted by Gasteiger charge is -2.16.